The van der Waals surface area contributed by atoms with Crippen LogP contribution in [0.15, 0.2) is 29.3 Å². The van der Waals surface area contributed by atoms with Crippen molar-refractivity contribution in [1.82, 2.24) is 15.5 Å². The van der Waals surface area contributed by atoms with E-state index in [4.69, 9.17) is 4.99 Å². The number of nitrogens with zero attached hydrogens (tertiary/aromatic N) is 2. The zero-order chi connectivity index (χ0) is 15.9. The van der Waals surface area contributed by atoms with Crippen molar-refractivity contribution in [3.05, 3.63) is 35.4 Å². The second-order valence-electron chi connectivity index (χ2n) is 6.36. The zero-order valence-electron chi connectivity index (χ0n) is 14.4. The lowest BCUT2D eigenvalue weighted by molar-refractivity contribution is 0.195. The van der Waals surface area contributed by atoms with E-state index in [1.54, 1.807) is 0 Å². The number of nitrogens with one attached hydrogen (secondary N) is 2. The third kappa shape index (κ3) is 4.73. The average molecular weight is 302 g/mol. The SMILES string of the molecule is CCNC(=NCC(C)N1CCc2ccccc2C1)NC(C)C. The molecule has 1 aliphatic rings. The number of hydrogen-bond donors (Lipinski definition) is 2. The van der Waals surface area contributed by atoms with Crippen LogP contribution in [0.1, 0.15) is 38.8 Å². The van der Waals surface area contributed by atoms with Gasteiger partial charge in [0.15, 0.2) is 5.96 Å². The van der Waals surface area contributed by atoms with Gasteiger partial charge in [-0.1, -0.05) is 24.3 Å². The first kappa shape index (κ1) is 16.8. The number of fused-ring (bicyclic) bond motifs is 1. The molecule has 1 heterocycles. The van der Waals surface area contributed by atoms with E-state index in [-0.39, 0.29) is 0 Å². The van der Waals surface area contributed by atoms with E-state index in [0.29, 0.717) is 12.1 Å². The highest BCUT2D eigenvalue weighted by Gasteiger charge is 2.20. The maximum atomic E-state index is 4.74. The van der Waals surface area contributed by atoms with Crippen molar-refractivity contribution < 1.29 is 0 Å². The summed E-state index contributed by atoms with van der Waals surface area (Å²) in [4.78, 5) is 7.27. The second kappa shape index (κ2) is 8.18. The fraction of sp³-hybridized carbons (Fsp3) is 0.611. The van der Waals surface area contributed by atoms with E-state index in [9.17, 15) is 0 Å². The van der Waals surface area contributed by atoms with E-state index in [0.717, 1.165) is 38.6 Å². The third-order valence-corrected chi connectivity index (χ3v) is 4.07. The molecule has 0 aromatic heterocycles. The lowest BCUT2D eigenvalue weighted by atomic mass is 9.99. The molecule has 4 nitrogen and oxygen atoms in total. The van der Waals surface area contributed by atoms with E-state index >= 15 is 0 Å². The van der Waals surface area contributed by atoms with Gasteiger partial charge < -0.3 is 10.6 Å². The number of guanidine groups is 1. The van der Waals surface area contributed by atoms with Crippen LogP contribution < -0.4 is 10.6 Å². The van der Waals surface area contributed by atoms with Crippen molar-refractivity contribution in [1.29, 1.82) is 0 Å². The first-order chi connectivity index (χ1) is 10.6. The maximum absolute atomic E-state index is 4.74. The third-order valence-electron chi connectivity index (χ3n) is 4.07. The molecule has 2 N–H and O–H groups in total. The molecule has 0 saturated heterocycles. The van der Waals surface area contributed by atoms with E-state index in [2.05, 4.69) is 67.5 Å². The van der Waals surface area contributed by atoms with Crippen LogP contribution >= 0.6 is 0 Å². The Balaban J connectivity index is 1.93. The summed E-state index contributed by atoms with van der Waals surface area (Å²) < 4.78 is 0. The second-order valence-corrected chi connectivity index (χ2v) is 6.36. The van der Waals surface area contributed by atoms with Gasteiger partial charge in [-0.2, -0.15) is 0 Å². The van der Waals surface area contributed by atoms with E-state index in [1.165, 1.54) is 11.1 Å². The number of aliphatic imine (C=N–C) groups is 1. The predicted molar refractivity (Wildman–Crippen MR) is 94.3 cm³/mol. The van der Waals surface area contributed by atoms with Crippen molar-refractivity contribution >= 4 is 5.96 Å². The van der Waals surface area contributed by atoms with E-state index < -0.39 is 0 Å². The molecule has 1 aromatic rings. The minimum Gasteiger partial charge on any atom is -0.357 e. The van der Waals surface area contributed by atoms with Gasteiger partial charge in [-0.15, -0.1) is 0 Å². The summed E-state index contributed by atoms with van der Waals surface area (Å²) in [5.74, 6) is 0.918. The lowest BCUT2D eigenvalue weighted by Gasteiger charge is -2.33. The minimum atomic E-state index is 0.398. The van der Waals surface area contributed by atoms with Crippen LogP contribution in [0.2, 0.25) is 0 Å². The van der Waals surface area contributed by atoms with Crippen LogP contribution in [0.4, 0.5) is 0 Å². The smallest absolute Gasteiger partial charge is 0.191 e. The molecule has 1 atom stereocenters. The molecule has 0 amide bonds. The van der Waals surface area contributed by atoms with Crippen LogP contribution in [0.5, 0.6) is 0 Å². The molecule has 0 saturated carbocycles. The van der Waals surface area contributed by atoms with Gasteiger partial charge in [0.25, 0.3) is 0 Å². The molecule has 0 fully saturated rings. The van der Waals surface area contributed by atoms with Crippen molar-refractivity contribution in [3.63, 3.8) is 0 Å². The fourth-order valence-electron chi connectivity index (χ4n) is 2.83. The standard InChI is InChI=1S/C18H30N4/c1-5-19-18(21-14(2)3)20-12-15(4)22-11-10-16-8-6-7-9-17(16)13-22/h6-9,14-15H,5,10-13H2,1-4H3,(H2,19,20,21). The van der Waals surface area contributed by atoms with Gasteiger partial charge in [0.1, 0.15) is 0 Å². The average Bonchev–Trinajstić information content (AvgIpc) is 2.51. The van der Waals surface area contributed by atoms with Gasteiger partial charge in [-0.05, 0) is 45.2 Å². The van der Waals surface area contributed by atoms with Crippen molar-refractivity contribution in [3.8, 4) is 0 Å². The summed E-state index contributed by atoms with van der Waals surface area (Å²) >= 11 is 0. The molecule has 0 spiro atoms. The van der Waals surface area contributed by atoms with Crippen LogP contribution in [0.25, 0.3) is 0 Å². The Morgan fingerprint density at radius 3 is 2.64 bits per heavy atom. The maximum Gasteiger partial charge on any atom is 0.191 e. The molecule has 1 aliphatic heterocycles. The summed E-state index contributed by atoms with van der Waals surface area (Å²) in [6.07, 6.45) is 1.15. The number of benzene rings is 1. The molecule has 122 valence electrons. The van der Waals surface area contributed by atoms with Gasteiger partial charge >= 0.3 is 0 Å². The van der Waals surface area contributed by atoms with Gasteiger partial charge in [-0.3, -0.25) is 9.89 Å². The molecule has 22 heavy (non-hydrogen) atoms. The Kier molecular flexibility index (Phi) is 6.25. The van der Waals surface area contributed by atoms with Gasteiger partial charge in [-0.25, -0.2) is 0 Å². The molecular weight excluding hydrogens is 272 g/mol. The molecule has 0 aliphatic carbocycles. The number of hydrogen-bond acceptors (Lipinski definition) is 2. The summed E-state index contributed by atoms with van der Waals surface area (Å²) in [6, 6.07) is 9.64. The highest BCUT2D eigenvalue weighted by Crippen LogP contribution is 2.20. The van der Waals surface area contributed by atoms with Crippen molar-refractivity contribution in [2.45, 2.75) is 52.7 Å². The minimum absolute atomic E-state index is 0.398. The molecule has 1 unspecified atom stereocenters. The monoisotopic (exact) mass is 302 g/mol. The van der Waals surface area contributed by atoms with Crippen LogP contribution in [0, 0.1) is 0 Å². The first-order valence-electron chi connectivity index (χ1n) is 8.45. The van der Waals surface area contributed by atoms with Gasteiger partial charge in [0, 0.05) is 31.7 Å². The van der Waals surface area contributed by atoms with E-state index in [1.807, 2.05) is 0 Å². The Labute approximate surface area is 135 Å². The summed E-state index contributed by atoms with van der Waals surface area (Å²) in [7, 11) is 0. The topological polar surface area (TPSA) is 39.7 Å². The molecule has 0 bridgehead atoms. The number of rotatable bonds is 5. The first-order valence-corrected chi connectivity index (χ1v) is 8.45. The Morgan fingerprint density at radius 2 is 1.95 bits per heavy atom. The largest absolute Gasteiger partial charge is 0.357 e. The summed E-state index contributed by atoms with van der Waals surface area (Å²) in [5.41, 5.74) is 2.97. The molecular formula is C18H30N4. The quantitative estimate of drug-likeness (QED) is 0.648. The Hall–Kier alpha value is -1.55. The van der Waals surface area contributed by atoms with Gasteiger partial charge in [0.05, 0.1) is 6.54 Å². The normalized spacial score (nSPS) is 17.2. The fourth-order valence-corrected chi connectivity index (χ4v) is 2.83. The highest BCUT2D eigenvalue weighted by atomic mass is 15.2. The Morgan fingerprint density at radius 1 is 1.23 bits per heavy atom. The van der Waals surface area contributed by atoms with Crippen LogP contribution in [-0.4, -0.2) is 42.6 Å². The summed E-state index contributed by atoms with van der Waals surface area (Å²) in [6.45, 7) is 12.5. The molecule has 0 radical (unpaired) electrons. The van der Waals surface area contributed by atoms with Crippen LogP contribution in [-0.2, 0) is 13.0 Å². The van der Waals surface area contributed by atoms with Crippen molar-refractivity contribution in [2.24, 2.45) is 4.99 Å². The summed E-state index contributed by atoms with van der Waals surface area (Å²) in [5, 5.41) is 6.68. The predicted octanol–water partition coefficient (Wildman–Crippen LogP) is 2.40. The Bertz CT molecular complexity index is 496. The molecule has 1 aromatic carbocycles. The zero-order valence-corrected chi connectivity index (χ0v) is 14.4. The van der Waals surface area contributed by atoms with Gasteiger partial charge in [0.2, 0.25) is 0 Å². The highest BCUT2D eigenvalue weighted by molar-refractivity contribution is 5.80. The lowest BCUT2D eigenvalue weighted by Crippen LogP contribution is -2.43. The molecule has 2 rings (SSSR count). The van der Waals surface area contributed by atoms with Crippen LogP contribution in [0.3, 0.4) is 0 Å². The molecule has 4 heteroatoms. The van der Waals surface area contributed by atoms with Crippen molar-refractivity contribution in [2.75, 3.05) is 19.6 Å².